The highest BCUT2D eigenvalue weighted by Crippen LogP contribution is 2.34. The Balaban J connectivity index is 2.29. The minimum Gasteiger partial charge on any atom is -0.477 e. The summed E-state index contributed by atoms with van der Waals surface area (Å²) < 4.78 is 57.4. The molecule has 4 nitrogen and oxygen atoms in total. The number of hydrogen-bond donors (Lipinski definition) is 1. The first kappa shape index (κ1) is 17.0. The van der Waals surface area contributed by atoms with Gasteiger partial charge in [0.1, 0.15) is 11.5 Å². The number of carbonyl (C=O) groups is 1. The number of rotatable bonds is 4. The highest BCUT2D eigenvalue weighted by molar-refractivity contribution is 5.94. The number of aromatic carboxylic acids is 1. The molecule has 2 aromatic carbocycles. The van der Waals surface area contributed by atoms with E-state index in [9.17, 15) is 27.5 Å². The third-order valence-electron chi connectivity index (χ3n) is 3.59. The summed E-state index contributed by atoms with van der Waals surface area (Å²) in [7, 11) is 0. The average Bonchev–Trinajstić information content (AvgIpc) is 2.91. The fourth-order valence-electron chi connectivity index (χ4n) is 2.63. The van der Waals surface area contributed by atoms with E-state index in [1.54, 1.807) is 6.07 Å². The fourth-order valence-corrected chi connectivity index (χ4v) is 2.63. The van der Waals surface area contributed by atoms with Gasteiger partial charge in [-0.2, -0.15) is 0 Å². The molecule has 1 atom stereocenters. The van der Waals surface area contributed by atoms with E-state index in [0.29, 0.717) is 0 Å². The number of carboxylic acids is 1. The van der Waals surface area contributed by atoms with E-state index < -0.39 is 30.1 Å². The molecule has 0 saturated heterocycles. The Morgan fingerprint density at radius 2 is 1.76 bits per heavy atom. The van der Waals surface area contributed by atoms with Gasteiger partial charge in [-0.25, -0.2) is 9.18 Å². The second-order valence-corrected chi connectivity index (χ2v) is 5.23. The average molecular weight is 353 g/mol. The first-order valence-electron chi connectivity index (χ1n) is 7.09. The maximum absolute atomic E-state index is 13.6. The van der Waals surface area contributed by atoms with Gasteiger partial charge >= 0.3 is 12.3 Å². The van der Waals surface area contributed by atoms with Crippen LogP contribution in [0.1, 0.15) is 22.3 Å². The molecule has 1 heterocycles. The molecule has 0 bridgehead atoms. The summed E-state index contributed by atoms with van der Waals surface area (Å²) in [5, 5.41) is 9.66. The number of nitrogens with zero attached hydrogens (tertiary/aromatic N) is 1. The molecular weight excluding hydrogens is 342 g/mol. The predicted octanol–water partition coefficient (Wildman–Crippen LogP) is 4.56. The Bertz CT molecular complexity index is 919. The third kappa shape index (κ3) is 3.48. The first-order valence-corrected chi connectivity index (χ1v) is 7.09. The second kappa shape index (κ2) is 6.21. The monoisotopic (exact) mass is 353 g/mol. The van der Waals surface area contributed by atoms with Gasteiger partial charge in [-0.1, -0.05) is 30.3 Å². The molecule has 0 saturated carbocycles. The topological polar surface area (TPSA) is 51.5 Å². The molecule has 8 heteroatoms. The molecule has 3 aromatic rings. The maximum atomic E-state index is 13.6. The standard InChI is InChI=1S/C17H11F4NO3/c18-12-7-6-11-8-14(16(23)24)22(13(11)9-12)15(25-17(19,20)21)10-4-2-1-3-5-10/h1-9,15H,(H,23,24). The maximum Gasteiger partial charge on any atom is 0.524 e. The lowest BCUT2D eigenvalue weighted by molar-refractivity contribution is -0.348. The van der Waals surface area contributed by atoms with Crippen molar-refractivity contribution in [1.82, 2.24) is 4.57 Å². The zero-order chi connectivity index (χ0) is 18.2. The smallest absolute Gasteiger partial charge is 0.477 e. The van der Waals surface area contributed by atoms with Gasteiger partial charge in [0.15, 0.2) is 6.23 Å². The zero-order valence-corrected chi connectivity index (χ0v) is 12.5. The Labute approximate surface area is 138 Å². The quantitative estimate of drug-likeness (QED) is 0.700. The highest BCUT2D eigenvalue weighted by Gasteiger charge is 2.37. The minimum absolute atomic E-state index is 0.0181. The Hall–Kier alpha value is -2.87. The third-order valence-corrected chi connectivity index (χ3v) is 3.59. The molecule has 0 aliphatic carbocycles. The van der Waals surface area contributed by atoms with Gasteiger partial charge in [-0.05, 0) is 24.3 Å². The van der Waals surface area contributed by atoms with Crippen molar-refractivity contribution in [3.8, 4) is 0 Å². The number of ether oxygens (including phenoxy) is 1. The molecule has 1 N–H and O–H groups in total. The summed E-state index contributed by atoms with van der Waals surface area (Å²) in [5.74, 6) is -2.16. The lowest BCUT2D eigenvalue weighted by Crippen LogP contribution is -2.25. The molecule has 130 valence electrons. The van der Waals surface area contributed by atoms with Gasteiger partial charge in [-0.15, -0.1) is 13.2 Å². The number of carboxylic acid groups (broad SMARTS) is 1. The fraction of sp³-hybridized carbons (Fsp3) is 0.118. The molecule has 1 aromatic heterocycles. The molecule has 0 fully saturated rings. The van der Waals surface area contributed by atoms with Crippen molar-refractivity contribution in [3.05, 3.63) is 71.7 Å². The van der Waals surface area contributed by atoms with Crippen LogP contribution < -0.4 is 0 Å². The molecule has 0 amide bonds. The van der Waals surface area contributed by atoms with E-state index in [1.807, 2.05) is 0 Å². The van der Waals surface area contributed by atoms with Crippen LogP contribution in [-0.2, 0) is 4.74 Å². The minimum atomic E-state index is -5.03. The largest absolute Gasteiger partial charge is 0.524 e. The number of aromatic nitrogens is 1. The van der Waals surface area contributed by atoms with Crippen LogP contribution in [0.5, 0.6) is 0 Å². The summed E-state index contributed by atoms with van der Waals surface area (Å²) >= 11 is 0. The number of hydrogen-bond acceptors (Lipinski definition) is 2. The van der Waals surface area contributed by atoms with Crippen molar-refractivity contribution in [3.63, 3.8) is 0 Å². The van der Waals surface area contributed by atoms with Crippen LogP contribution >= 0.6 is 0 Å². The zero-order valence-electron chi connectivity index (χ0n) is 12.5. The lowest BCUT2D eigenvalue weighted by Gasteiger charge is -2.23. The van der Waals surface area contributed by atoms with Gasteiger partial charge in [0, 0.05) is 10.9 Å². The van der Waals surface area contributed by atoms with Gasteiger partial charge in [-0.3, -0.25) is 4.74 Å². The summed E-state index contributed by atoms with van der Waals surface area (Å²) in [5.41, 5.74) is -0.390. The van der Waals surface area contributed by atoms with E-state index in [2.05, 4.69) is 4.74 Å². The number of benzene rings is 2. The summed E-state index contributed by atoms with van der Waals surface area (Å²) in [6.07, 6.45) is -6.84. The van der Waals surface area contributed by atoms with E-state index in [0.717, 1.165) is 16.7 Å². The highest BCUT2D eigenvalue weighted by atomic mass is 19.4. The van der Waals surface area contributed by atoms with Crippen LogP contribution in [-0.4, -0.2) is 22.0 Å². The predicted molar refractivity (Wildman–Crippen MR) is 80.6 cm³/mol. The van der Waals surface area contributed by atoms with Crippen LogP contribution in [0.3, 0.4) is 0 Å². The van der Waals surface area contributed by atoms with Gasteiger partial charge in [0.25, 0.3) is 0 Å². The normalized spacial score (nSPS) is 13.1. The molecular formula is C17H11F4NO3. The molecule has 0 spiro atoms. The van der Waals surface area contributed by atoms with Gasteiger partial charge < -0.3 is 9.67 Å². The van der Waals surface area contributed by atoms with Crippen molar-refractivity contribution in [2.75, 3.05) is 0 Å². The van der Waals surface area contributed by atoms with Crippen molar-refractivity contribution in [2.24, 2.45) is 0 Å². The van der Waals surface area contributed by atoms with E-state index in [-0.39, 0.29) is 16.5 Å². The van der Waals surface area contributed by atoms with Crippen LogP contribution in [0, 0.1) is 5.82 Å². The number of halogens is 4. The first-order chi connectivity index (χ1) is 11.8. The number of alkyl halides is 3. The van der Waals surface area contributed by atoms with Crippen molar-refractivity contribution in [1.29, 1.82) is 0 Å². The van der Waals surface area contributed by atoms with Crippen LogP contribution in [0.4, 0.5) is 17.6 Å². The van der Waals surface area contributed by atoms with Crippen LogP contribution in [0.15, 0.2) is 54.6 Å². The van der Waals surface area contributed by atoms with Crippen LogP contribution in [0.25, 0.3) is 10.9 Å². The van der Waals surface area contributed by atoms with Crippen molar-refractivity contribution < 1.29 is 32.2 Å². The van der Waals surface area contributed by atoms with Crippen molar-refractivity contribution in [2.45, 2.75) is 12.6 Å². The van der Waals surface area contributed by atoms with E-state index >= 15 is 0 Å². The van der Waals surface area contributed by atoms with E-state index in [1.165, 1.54) is 36.4 Å². The second-order valence-electron chi connectivity index (χ2n) is 5.23. The Morgan fingerprint density at radius 3 is 2.36 bits per heavy atom. The number of fused-ring (bicyclic) bond motifs is 1. The van der Waals surface area contributed by atoms with Gasteiger partial charge in [0.05, 0.1) is 5.52 Å². The summed E-state index contributed by atoms with van der Waals surface area (Å²) in [6.45, 7) is 0. The summed E-state index contributed by atoms with van der Waals surface area (Å²) in [6, 6.07) is 11.9. The molecule has 0 radical (unpaired) electrons. The molecule has 25 heavy (non-hydrogen) atoms. The van der Waals surface area contributed by atoms with Gasteiger partial charge in [0.2, 0.25) is 0 Å². The molecule has 0 aliphatic heterocycles. The SMILES string of the molecule is O=C(O)c1cc2ccc(F)cc2n1C(OC(F)(F)F)c1ccccc1. The van der Waals surface area contributed by atoms with Crippen molar-refractivity contribution >= 4 is 16.9 Å². The summed E-state index contributed by atoms with van der Waals surface area (Å²) in [4.78, 5) is 11.5. The van der Waals surface area contributed by atoms with E-state index in [4.69, 9.17) is 0 Å². The Kier molecular flexibility index (Phi) is 4.22. The molecule has 3 rings (SSSR count). The Morgan fingerprint density at radius 1 is 1.08 bits per heavy atom. The molecule has 1 unspecified atom stereocenters. The van der Waals surface area contributed by atoms with Crippen LogP contribution in [0.2, 0.25) is 0 Å². The lowest BCUT2D eigenvalue weighted by atomic mass is 10.2. The molecule has 0 aliphatic rings.